The van der Waals surface area contributed by atoms with Crippen LogP contribution in [0.3, 0.4) is 0 Å². The van der Waals surface area contributed by atoms with E-state index >= 15 is 0 Å². The molecule has 25 heavy (non-hydrogen) atoms. The average molecular weight is 386 g/mol. The summed E-state index contributed by atoms with van der Waals surface area (Å²) >= 11 is 0. The lowest BCUT2D eigenvalue weighted by Crippen LogP contribution is -2.31. The maximum atomic E-state index is 12.1. The molecule has 0 aliphatic carbocycles. The minimum Gasteiger partial charge on any atom is -0.487 e. The molecule has 0 saturated heterocycles. The lowest BCUT2D eigenvalue weighted by atomic mass is 10.1. The van der Waals surface area contributed by atoms with E-state index in [0.29, 0.717) is 18.7 Å². The normalized spacial score (nSPS) is 9.52. The molecule has 0 saturated carbocycles. The van der Waals surface area contributed by atoms with Crippen LogP contribution in [-0.2, 0) is 6.61 Å². The third-order valence-corrected chi connectivity index (χ3v) is 3.32. The Labute approximate surface area is 161 Å². The molecule has 1 aromatic carbocycles. The van der Waals surface area contributed by atoms with Gasteiger partial charge in [-0.1, -0.05) is 19.1 Å². The zero-order valence-electron chi connectivity index (χ0n) is 14.5. The zero-order valence-corrected chi connectivity index (χ0v) is 16.1. The highest BCUT2D eigenvalue weighted by Gasteiger charge is 2.06. The van der Waals surface area contributed by atoms with E-state index in [-0.39, 0.29) is 30.7 Å². The molecule has 1 heterocycles. The molecule has 2 rings (SSSR count). The number of halogens is 2. The molecule has 0 unspecified atom stereocenters. The minimum absolute atomic E-state index is 0. The molecule has 2 aromatic rings. The summed E-state index contributed by atoms with van der Waals surface area (Å²) in [5, 5.41) is 6.06. The van der Waals surface area contributed by atoms with Crippen LogP contribution in [-0.4, -0.2) is 30.5 Å². The van der Waals surface area contributed by atoms with Crippen LogP contribution in [0.4, 0.5) is 0 Å². The number of aromatic nitrogens is 1. The Morgan fingerprint density at radius 1 is 1.16 bits per heavy atom. The molecule has 0 atom stereocenters. The van der Waals surface area contributed by atoms with Crippen LogP contribution in [0.5, 0.6) is 5.75 Å². The number of amides is 1. The van der Waals surface area contributed by atoms with Crippen molar-refractivity contribution in [3.8, 4) is 5.75 Å². The van der Waals surface area contributed by atoms with Crippen LogP contribution in [0.15, 0.2) is 42.6 Å². The Morgan fingerprint density at radius 2 is 1.96 bits per heavy atom. The number of carbonyl (C=O) groups excluding carboxylic acids is 1. The topological polar surface area (TPSA) is 63.2 Å². The molecule has 0 bridgehead atoms. The largest absolute Gasteiger partial charge is 0.487 e. The fourth-order valence-corrected chi connectivity index (χ4v) is 2.05. The van der Waals surface area contributed by atoms with E-state index in [1.54, 1.807) is 12.3 Å². The first kappa shape index (κ1) is 23.2. The van der Waals surface area contributed by atoms with Gasteiger partial charge in [-0.05, 0) is 43.3 Å². The summed E-state index contributed by atoms with van der Waals surface area (Å²) in [6.45, 7) is 6.66. The number of hydrogen-bond donors (Lipinski definition) is 2. The second-order valence-electron chi connectivity index (χ2n) is 5.23. The number of benzene rings is 1. The van der Waals surface area contributed by atoms with Gasteiger partial charge in [0.1, 0.15) is 12.4 Å². The van der Waals surface area contributed by atoms with Gasteiger partial charge in [0.15, 0.2) is 0 Å². The van der Waals surface area contributed by atoms with Crippen LogP contribution in [0.2, 0.25) is 0 Å². The van der Waals surface area contributed by atoms with E-state index in [4.69, 9.17) is 4.74 Å². The van der Waals surface area contributed by atoms with Gasteiger partial charge in [0.05, 0.1) is 6.20 Å². The molecular weight excluding hydrogens is 361 g/mol. The second kappa shape index (κ2) is 12.5. The number of aryl methyl sites for hydroxylation is 1. The van der Waals surface area contributed by atoms with Crippen molar-refractivity contribution in [1.82, 2.24) is 15.6 Å². The summed E-state index contributed by atoms with van der Waals surface area (Å²) in [6.07, 6.45) is 1.70. The SMILES string of the molecule is CCNCCNC(=O)c1cccc(COc2ccc(C)nc2)c1.Cl.Cl. The molecule has 7 heteroatoms. The number of pyridine rings is 1. The highest BCUT2D eigenvalue weighted by molar-refractivity contribution is 5.94. The maximum Gasteiger partial charge on any atom is 0.251 e. The van der Waals surface area contributed by atoms with Crippen LogP contribution >= 0.6 is 24.8 Å². The third kappa shape index (κ3) is 8.20. The first-order valence-corrected chi connectivity index (χ1v) is 7.82. The van der Waals surface area contributed by atoms with Crippen molar-refractivity contribution in [3.05, 3.63) is 59.4 Å². The Kier molecular flexibility index (Phi) is 11.6. The first-order valence-electron chi connectivity index (χ1n) is 7.82. The molecule has 1 aromatic heterocycles. The molecule has 1 amide bonds. The standard InChI is InChI=1S/C18H23N3O2.2ClH/c1-3-19-9-10-20-18(22)16-6-4-5-15(11-16)13-23-17-8-7-14(2)21-12-17;;/h4-8,11-12,19H,3,9-10,13H2,1-2H3,(H,20,22);2*1H. The Bertz CT molecular complexity index is 636. The number of carbonyl (C=O) groups is 1. The predicted molar refractivity (Wildman–Crippen MR) is 105 cm³/mol. The molecule has 0 aliphatic heterocycles. The summed E-state index contributed by atoms with van der Waals surface area (Å²) in [4.78, 5) is 16.3. The van der Waals surface area contributed by atoms with E-state index in [9.17, 15) is 4.79 Å². The Morgan fingerprint density at radius 3 is 2.64 bits per heavy atom. The molecule has 0 fully saturated rings. The molecule has 0 radical (unpaired) electrons. The van der Waals surface area contributed by atoms with Crippen LogP contribution in [0, 0.1) is 6.92 Å². The van der Waals surface area contributed by atoms with Gasteiger partial charge in [0.2, 0.25) is 0 Å². The lowest BCUT2D eigenvalue weighted by Gasteiger charge is -2.09. The van der Waals surface area contributed by atoms with Crippen molar-refractivity contribution in [2.45, 2.75) is 20.5 Å². The fraction of sp³-hybridized carbons (Fsp3) is 0.333. The van der Waals surface area contributed by atoms with E-state index in [1.165, 1.54) is 0 Å². The van der Waals surface area contributed by atoms with Crippen molar-refractivity contribution >= 4 is 30.7 Å². The highest BCUT2D eigenvalue weighted by atomic mass is 35.5. The van der Waals surface area contributed by atoms with Crippen LogP contribution in [0.25, 0.3) is 0 Å². The monoisotopic (exact) mass is 385 g/mol. The average Bonchev–Trinajstić information content (AvgIpc) is 2.58. The van der Waals surface area contributed by atoms with E-state index < -0.39 is 0 Å². The fourth-order valence-electron chi connectivity index (χ4n) is 2.05. The summed E-state index contributed by atoms with van der Waals surface area (Å²) < 4.78 is 5.69. The number of rotatable bonds is 8. The van der Waals surface area contributed by atoms with E-state index in [0.717, 1.165) is 30.1 Å². The molecular formula is C18H25Cl2N3O2. The molecule has 0 spiro atoms. The number of nitrogens with zero attached hydrogens (tertiary/aromatic N) is 1. The minimum atomic E-state index is -0.0678. The van der Waals surface area contributed by atoms with Crippen LogP contribution in [0.1, 0.15) is 28.5 Å². The van der Waals surface area contributed by atoms with Crippen molar-refractivity contribution < 1.29 is 9.53 Å². The summed E-state index contributed by atoms with van der Waals surface area (Å²) in [6, 6.07) is 11.3. The van der Waals surface area contributed by atoms with Gasteiger partial charge in [-0.3, -0.25) is 9.78 Å². The molecule has 2 N–H and O–H groups in total. The number of nitrogens with one attached hydrogen (secondary N) is 2. The zero-order chi connectivity index (χ0) is 16.5. The van der Waals surface area contributed by atoms with E-state index in [1.807, 2.05) is 44.2 Å². The summed E-state index contributed by atoms with van der Waals surface area (Å²) in [5.74, 6) is 0.651. The lowest BCUT2D eigenvalue weighted by molar-refractivity contribution is 0.0954. The smallest absolute Gasteiger partial charge is 0.251 e. The van der Waals surface area contributed by atoms with Gasteiger partial charge in [-0.2, -0.15) is 0 Å². The predicted octanol–water partition coefficient (Wildman–Crippen LogP) is 3.15. The van der Waals surface area contributed by atoms with Crippen molar-refractivity contribution in [2.24, 2.45) is 0 Å². The number of ether oxygens (including phenoxy) is 1. The summed E-state index contributed by atoms with van der Waals surface area (Å²) in [5.41, 5.74) is 2.54. The van der Waals surface area contributed by atoms with Gasteiger partial charge in [0, 0.05) is 24.3 Å². The Balaban J connectivity index is 0.00000288. The quantitative estimate of drug-likeness (QED) is 0.685. The Hall–Kier alpha value is -1.82. The highest BCUT2D eigenvalue weighted by Crippen LogP contribution is 2.12. The van der Waals surface area contributed by atoms with Gasteiger partial charge >= 0.3 is 0 Å². The third-order valence-electron chi connectivity index (χ3n) is 3.32. The number of likely N-dealkylation sites (N-methyl/N-ethyl adjacent to an activating group) is 1. The van der Waals surface area contributed by atoms with Crippen molar-refractivity contribution in [3.63, 3.8) is 0 Å². The van der Waals surface area contributed by atoms with Gasteiger partial charge in [-0.25, -0.2) is 0 Å². The first-order chi connectivity index (χ1) is 11.2. The molecule has 5 nitrogen and oxygen atoms in total. The summed E-state index contributed by atoms with van der Waals surface area (Å²) in [7, 11) is 0. The van der Waals surface area contributed by atoms with Gasteiger partial charge < -0.3 is 15.4 Å². The van der Waals surface area contributed by atoms with Gasteiger partial charge in [-0.15, -0.1) is 24.8 Å². The van der Waals surface area contributed by atoms with E-state index in [2.05, 4.69) is 15.6 Å². The molecule has 0 aliphatic rings. The second-order valence-corrected chi connectivity index (χ2v) is 5.23. The van der Waals surface area contributed by atoms with Crippen LogP contribution < -0.4 is 15.4 Å². The van der Waals surface area contributed by atoms with Gasteiger partial charge in [0.25, 0.3) is 5.91 Å². The van der Waals surface area contributed by atoms with Crippen molar-refractivity contribution in [2.75, 3.05) is 19.6 Å². The number of hydrogen-bond acceptors (Lipinski definition) is 4. The maximum absolute atomic E-state index is 12.1. The molecule has 138 valence electrons. The van der Waals surface area contributed by atoms with Crippen molar-refractivity contribution in [1.29, 1.82) is 0 Å².